The topological polar surface area (TPSA) is 119 Å². The van der Waals surface area contributed by atoms with E-state index < -0.39 is 46.5 Å². The van der Waals surface area contributed by atoms with Crippen LogP contribution in [0.2, 0.25) is 0 Å². The highest BCUT2D eigenvalue weighted by atomic mass is 16.3. The minimum atomic E-state index is -1.43. The summed E-state index contributed by atoms with van der Waals surface area (Å²) in [4.78, 5) is 55.6. The van der Waals surface area contributed by atoms with Gasteiger partial charge in [-0.25, -0.2) is 23.5 Å². The third kappa shape index (κ3) is 3.38. The lowest BCUT2D eigenvalue weighted by molar-refractivity contribution is -0.138. The van der Waals surface area contributed by atoms with Crippen LogP contribution in [0, 0.1) is 12.8 Å². The molecule has 4 atom stereocenters. The molecule has 2 amide bonds. The summed E-state index contributed by atoms with van der Waals surface area (Å²) in [5, 5.41) is 12.3. The summed E-state index contributed by atoms with van der Waals surface area (Å²) >= 11 is 0. The lowest BCUT2D eigenvalue weighted by atomic mass is 9.53. The molecule has 3 aliphatic rings. The summed E-state index contributed by atoms with van der Waals surface area (Å²) in [5.74, 6) is -2.62. The summed E-state index contributed by atoms with van der Waals surface area (Å²) in [6.45, 7) is 2.07. The number of phenolic OH excluding ortho intramolecular Hbond substituents is 1. The number of hydrogen-bond donors (Lipinski definition) is 2. The predicted molar refractivity (Wildman–Crippen MR) is 155 cm³/mol. The lowest BCUT2D eigenvalue weighted by Crippen LogP contribution is -2.53. The number of phenols is 1. The number of benzene rings is 3. The average Bonchev–Trinajstić information content (AvgIpc) is 3.35. The van der Waals surface area contributed by atoms with E-state index in [9.17, 15) is 24.3 Å². The largest absolute Gasteiger partial charge is 0.508 e. The van der Waals surface area contributed by atoms with Crippen LogP contribution < -0.4 is 16.8 Å². The molecule has 3 aromatic carbocycles. The molecule has 42 heavy (non-hydrogen) atoms. The number of fused-ring (bicyclic) bond motifs is 4. The van der Waals surface area contributed by atoms with Gasteiger partial charge < -0.3 is 5.11 Å². The van der Waals surface area contributed by atoms with Gasteiger partial charge in [0.05, 0.1) is 29.6 Å². The molecule has 1 aromatic heterocycles. The van der Waals surface area contributed by atoms with Gasteiger partial charge in [-0.2, -0.15) is 5.01 Å². The maximum absolute atomic E-state index is 14.9. The molecule has 4 aromatic rings. The monoisotopic (exact) mass is 563 g/mol. The van der Waals surface area contributed by atoms with Crippen LogP contribution in [0.3, 0.4) is 0 Å². The van der Waals surface area contributed by atoms with Gasteiger partial charge >= 0.3 is 11.4 Å². The normalized spacial score (nSPS) is 24.6. The number of aryl methyl sites for hydroxylation is 1. The number of imide groups is 1. The molecule has 1 saturated carbocycles. The Morgan fingerprint density at radius 2 is 1.57 bits per heavy atom. The van der Waals surface area contributed by atoms with E-state index in [1.807, 2.05) is 55.5 Å². The van der Waals surface area contributed by atoms with E-state index in [1.54, 1.807) is 36.4 Å². The quantitative estimate of drug-likeness (QED) is 0.291. The van der Waals surface area contributed by atoms with Crippen LogP contribution in [0.5, 0.6) is 5.75 Å². The highest BCUT2D eigenvalue weighted by Gasteiger charge is 2.69. The predicted octanol–water partition coefficient (Wildman–Crippen LogP) is 2.98. The molecule has 2 aliphatic heterocycles. The number of hydrogen-bond acceptors (Lipinski definition) is 6. The summed E-state index contributed by atoms with van der Waals surface area (Å²) in [6, 6.07) is 22.7. The zero-order chi connectivity index (χ0) is 29.3. The molecule has 1 saturated heterocycles. The number of carbonyl (C=O) groups is 2. The van der Waals surface area contributed by atoms with Crippen LogP contribution in [0.4, 0.5) is 5.69 Å². The Kier molecular flexibility index (Phi) is 5.66. The third-order valence-corrected chi connectivity index (χ3v) is 9.10. The van der Waals surface area contributed by atoms with Crippen molar-refractivity contribution in [3.05, 3.63) is 128 Å². The Hall–Kier alpha value is -5.12. The number of aromatic nitrogens is 3. The molecular formula is C32H29N5O5. The molecule has 7 rings (SSSR count). The number of anilines is 1. The lowest BCUT2D eigenvalue weighted by Gasteiger charge is -2.49. The Labute approximate surface area is 240 Å². The first-order valence-corrected chi connectivity index (χ1v) is 13.9. The van der Waals surface area contributed by atoms with Gasteiger partial charge in [-0.3, -0.25) is 15.0 Å². The first-order valence-electron chi connectivity index (χ1n) is 13.9. The number of amides is 2. The van der Waals surface area contributed by atoms with Crippen molar-refractivity contribution in [3.8, 4) is 5.75 Å². The van der Waals surface area contributed by atoms with Crippen LogP contribution in [0.1, 0.15) is 35.1 Å². The third-order valence-electron chi connectivity index (χ3n) is 9.10. The Morgan fingerprint density at radius 1 is 0.881 bits per heavy atom. The molecule has 10 heteroatoms. The van der Waals surface area contributed by atoms with Crippen molar-refractivity contribution in [2.75, 3.05) is 5.43 Å². The van der Waals surface area contributed by atoms with E-state index in [4.69, 9.17) is 0 Å². The minimum Gasteiger partial charge on any atom is -0.508 e. The number of para-hydroxylation sites is 1. The fraction of sp³-hybridized carbons (Fsp3) is 0.250. The zero-order valence-corrected chi connectivity index (χ0v) is 23.1. The highest BCUT2D eigenvalue weighted by Crippen LogP contribution is 2.62. The van der Waals surface area contributed by atoms with Gasteiger partial charge in [0.2, 0.25) is 0 Å². The van der Waals surface area contributed by atoms with Crippen molar-refractivity contribution in [1.29, 1.82) is 0 Å². The number of nitrogens with zero attached hydrogens (tertiary/aromatic N) is 4. The fourth-order valence-corrected chi connectivity index (χ4v) is 7.19. The standard InChI is InChI=1S/C32H29N5O5/c1-19-12-14-21(15-13-19)33-36-28(39)24-18-25-22(16-17-35-30(41)34(2)31(42)37(25)35)27(23-10-6-7-11-26(23)38)32(24,29(36)40)20-8-4-3-5-9-20/h3-16,24-25,27,33,38H,17-18H2,1-2H3/t24-,25+,27+,32+/m0/s1. The van der Waals surface area contributed by atoms with Crippen LogP contribution in [0.25, 0.3) is 0 Å². The molecule has 0 bridgehead atoms. The molecule has 2 N–H and O–H groups in total. The summed E-state index contributed by atoms with van der Waals surface area (Å²) in [6.07, 6.45) is 1.99. The Morgan fingerprint density at radius 3 is 2.29 bits per heavy atom. The first kappa shape index (κ1) is 25.8. The van der Waals surface area contributed by atoms with Gasteiger partial charge in [0.15, 0.2) is 0 Å². The second kappa shape index (κ2) is 9.20. The molecule has 0 radical (unpaired) electrons. The number of allylic oxidation sites excluding steroid dienone is 2. The zero-order valence-electron chi connectivity index (χ0n) is 23.1. The van der Waals surface area contributed by atoms with Crippen molar-refractivity contribution in [3.63, 3.8) is 0 Å². The van der Waals surface area contributed by atoms with Crippen molar-refractivity contribution < 1.29 is 14.7 Å². The van der Waals surface area contributed by atoms with Crippen molar-refractivity contribution >= 4 is 17.5 Å². The first-order chi connectivity index (χ1) is 20.2. The van der Waals surface area contributed by atoms with Gasteiger partial charge in [0, 0.05) is 18.5 Å². The van der Waals surface area contributed by atoms with E-state index in [0.29, 0.717) is 22.4 Å². The maximum Gasteiger partial charge on any atom is 0.347 e. The molecule has 10 nitrogen and oxygen atoms in total. The Balaban J connectivity index is 1.50. The molecule has 3 heterocycles. The SMILES string of the molecule is Cc1ccc(NN2C(=O)[C@@H]3C[C@@H]4C(=CCn5c(=O)n(C)c(=O)n54)[C@H](c4ccccc4O)[C@]3(c3ccccc3)C2=O)cc1. The van der Waals surface area contributed by atoms with Crippen molar-refractivity contribution in [1.82, 2.24) is 18.9 Å². The van der Waals surface area contributed by atoms with Gasteiger partial charge in [0.1, 0.15) is 5.75 Å². The van der Waals surface area contributed by atoms with E-state index >= 15 is 0 Å². The van der Waals surface area contributed by atoms with Gasteiger partial charge in [0.25, 0.3) is 11.8 Å². The highest BCUT2D eigenvalue weighted by molar-refractivity contribution is 6.12. The van der Waals surface area contributed by atoms with Crippen LogP contribution >= 0.6 is 0 Å². The van der Waals surface area contributed by atoms with Gasteiger partial charge in [-0.1, -0.05) is 72.3 Å². The van der Waals surface area contributed by atoms with Crippen molar-refractivity contribution in [2.24, 2.45) is 13.0 Å². The molecule has 0 unspecified atom stereocenters. The average molecular weight is 564 g/mol. The maximum atomic E-state index is 14.9. The number of rotatable bonds is 4. The van der Waals surface area contributed by atoms with Crippen molar-refractivity contribution in [2.45, 2.75) is 37.3 Å². The molecule has 212 valence electrons. The Bertz CT molecular complexity index is 1900. The number of aromatic hydroxyl groups is 1. The summed E-state index contributed by atoms with van der Waals surface area (Å²) < 4.78 is 3.84. The summed E-state index contributed by atoms with van der Waals surface area (Å²) in [5.41, 5.74) is 4.10. The molecule has 1 aliphatic carbocycles. The number of nitrogens with one attached hydrogen (secondary N) is 1. The van der Waals surface area contributed by atoms with Crippen LogP contribution in [-0.4, -0.2) is 35.9 Å². The smallest absolute Gasteiger partial charge is 0.347 e. The van der Waals surface area contributed by atoms with Gasteiger partial charge in [-0.15, -0.1) is 0 Å². The van der Waals surface area contributed by atoms with E-state index in [2.05, 4.69) is 5.43 Å². The fourth-order valence-electron chi connectivity index (χ4n) is 7.19. The second-order valence-electron chi connectivity index (χ2n) is 11.2. The molecule has 2 fully saturated rings. The number of carbonyl (C=O) groups excluding carboxylic acids is 2. The van der Waals surface area contributed by atoms with Crippen LogP contribution in [0.15, 0.2) is 100 Å². The van der Waals surface area contributed by atoms with Crippen LogP contribution in [-0.2, 0) is 28.6 Å². The van der Waals surface area contributed by atoms with E-state index in [0.717, 1.165) is 15.1 Å². The summed E-state index contributed by atoms with van der Waals surface area (Å²) in [7, 11) is 1.43. The van der Waals surface area contributed by atoms with E-state index in [1.165, 1.54) is 16.4 Å². The van der Waals surface area contributed by atoms with E-state index in [-0.39, 0.29) is 18.7 Å². The van der Waals surface area contributed by atoms with Gasteiger partial charge in [-0.05, 0) is 42.7 Å². The minimum absolute atomic E-state index is 0.0216. The molecular weight excluding hydrogens is 534 g/mol. The second-order valence-corrected chi connectivity index (χ2v) is 11.2. The molecule has 0 spiro atoms. The number of hydrazine groups is 1.